The molecule has 0 saturated carbocycles. The van der Waals surface area contributed by atoms with Crippen LogP contribution in [0.1, 0.15) is 122 Å². The van der Waals surface area contributed by atoms with Crippen molar-refractivity contribution in [1.82, 2.24) is 0 Å². The first-order valence-corrected chi connectivity index (χ1v) is 15.8. The smallest absolute Gasteiger partial charge is 0.416 e. The Morgan fingerprint density at radius 1 is 0.800 bits per heavy atom. The molecule has 0 amide bonds. The van der Waals surface area contributed by atoms with Gasteiger partial charge in [0.25, 0.3) is 0 Å². The molecule has 2 nitrogen and oxygen atoms in total. The zero-order chi connectivity index (χ0) is 29.0. The first kappa shape index (κ1) is 32.8. The number of unbranched alkanes of at least 4 members (excludes halogenated alkanes) is 11. The van der Waals surface area contributed by atoms with E-state index < -0.39 is 17.2 Å². The van der Waals surface area contributed by atoms with Crippen molar-refractivity contribution in [2.45, 2.75) is 128 Å². The Balaban J connectivity index is 1.66. The van der Waals surface area contributed by atoms with Gasteiger partial charge in [-0.3, -0.25) is 0 Å². The van der Waals surface area contributed by atoms with Crippen LogP contribution in [0.3, 0.4) is 0 Å². The quantitative estimate of drug-likeness (QED) is 0.122. The number of benzene rings is 2. The molecular weight excluding hydrogens is 533 g/mol. The molecule has 2 aromatic rings. The summed E-state index contributed by atoms with van der Waals surface area (Å²) in [5.74, 6) is 0.654. The van der Waals surface area contributed by atoms with Crippen molar-refractivity contribution in [2.75, 3.05) is 6.61 Å². The van der Waals surface area contributed by atoms with Gasteiger partial charge in [-0.05, 0) is 60.7 Å². The van der Waals surface area contributed by atoms with Gasteiger partial charge in [-0.15, -0.1) is 0 Å². The lowest BCUT2D eigenvalue weighted by atomic mass is 9.64. The largest absolute Gasteiger partial charge is 0.457 e. The molecule has 2 unspecified atom stereocenters. The molecule has 0 aromatic heterocycles. The average molecular weight is 581 g/mol. The van der Waals surface area contributed by atoms with Crippen LogP contribution in [0.5, 0.6) is 11.5 Å². The normalized spacial score (nSPS) is 16.8. The van der Waals surface area contributed by atoms with Gasteiger partial charge in [0.05, 0.1) is 18.3 Å². The summed E-state index contributed by atoms with van der Waals surface area (Å²) in [6.45, 7) is 6.99. The molecule has 1 aliphatic heterocycles. The first-order valence-electron chi connectivity index (χ1n) is 15.4. The van der Waals surface area contributed by atoms with Crippen LogP contribution in [0.2, 0.25) is 5.02 Å². The molecule has 0 bridgehead atoms. The van der Waals surface area contributed by atoms with Crippen molar-refractivity contribution >= 4 is 11.6 Å². The van der Waals surface area contributed by atoms with E-state index in [0.29, 0.717) is 29.4 Å². The van der Waals surface area contributed by atoms with Gasteiger partial charge in [-0.2, -0.15) is 13.2 Å². The monoisotopic (exact) mass is 580 g/mol. The van der Waals surface area contributed by atoms with E-state index in [-0.39, 0.29) is 17.8 Å². The third-order valence-corrected chi connectivity index (χ3v) is 8.71. The van der Waals surface area contributed by atoms with Gasteiger partial charge >= 0.3 is 6.18 Å². The molecule has 0 spiro atoms. The molecule has 0 N–H and O–H groups in total. The lowest BCUT2D eigenvalue weighted by Crippen LogP contribution is -2.36. The number of hydrogen-bond acceptors (Lipinski definition) is 2. The van der Waals surface area contributed by atoms with Crippen molar-refractivity contribution < 1.29 is 22.6 Å². The molecule has 40 heavy (non-hydrogen) atoms. The van der Waals surface area contributed by atoms with E-state index in [0.717, 1.165) is 31.7 Å². The molecule has 224 valence electrons. The van der Waals surface area contributed by atoms with Gasteiger partial charge in [0.15, 0.2) is 0 Å². The van der Waals surface area contributed by atoms with Crippen LogP contribution < -0.4 is 4.74 Å². The predicted octanol–water partition coefficient (Wildman–Crippen LogP) is 11.9. The second-order valence-corrected chi connectivity index (χ2v) is 12.3. The van der Waals surface area contributed by atoms with Gasteiger partial charge < -0.3 is 9.47 Å². The van der Waals surface area contributed by atoms with E-state index in [2.05, 4.69) is 20.8 Å². The zero-order valence-corrected chi connectivity index (χ0v) is 25.4. The minimum atomic E-state index is -4.49. The highest BCUT2D eigenvalue weighted by atomic mass is 35.5. The summed E-state index contributed by atoms with van der Waals surface area (Å²) < 4.78 is 55.0. The van der Waals surface area contributed by atoms with Crippen LogP contribution in [0.15, 0.2) is 42.5 Å². The number of epoxide rings is 1. The van der Waals surface area contributed by atoms with Gasteiger partial charge in [-0.25, -0.2) is 0 Å². The van der Waals surface area contributed by atoms with E-state index in [1.807, 2.05) is 0 Å². The van der Waals surface area contributed by atoms with Crippen LogP contribution >= 0.6 is 11.6 Å². The van der Waals surface area contributed by atoms with Crippen molar-refractivity contribution in [1.29, 1.82) is 0 Å². The number of ether oxygens (including phenoxy) is 2. The van der Waals surface area contributed by atoms with Gasteiger partial charge in [-0.1, -0.05) is 115 Å². The summed E-state index contributed by atoms with van der Waals surface area (Å²) in [7, 11) is 0. The maximum atomic E-state index is 14.5. The molecule has 3 rings (SSSR count). The Hall–Kier alpha value is -1.72. The summed E-state index contributed by atoms with van der Waals surface area (Å²) in [4.78, 5) is 0. The molecule has 2 atom stereocenters. The van der Waals surface area contributed by atoms with E-state index in [1.54, 1.807) is 36.4 Å². The minimum absolute atomic E-state index is 0.0332. The van der Waals surface area contributed by atoms with Crippen LogP contribution in [0, 0.1) is 5.92 Å². The molecule has 1 heterocycles. The Kier molecular flexibility index (Phi) is 13.2. The average Bonchev–Trinajstić information content (AvgIpc) is 3.73. The Morgan fingerprint density at radius 2 is 1.32 bits per heavy atom. The second-order valence-electron chi connectivity index (χ2n) is 11.9. The first-order chi connectivity index (χ1) is 19.2. The Labute approximate surface area is 245 Å². The third kappa shape index (κ3) is 10.3. The molecule has 0 radical (unpaired) electrons. The van der Waals surface area contributed by atoms with Gasteiger partial charge in [0.1, 0.15) is 11.5 Å². The number of halogens is 4. The van der Waals surface area contributed by atoms with Crippen LogP contribution in [-0.4, -0.2) is 12.7 Å². The number of hydrogen-bond donors (Lipinski definition) is 0. The van der Waals surface area contributed by atoms with Crippen LogP contribution in [-0.2, 0) is 16.3 Å². The fraction of sp³-hybridized carbons (Fsp3) is 0.647. The van der Waals surface area contributed by atoms with E-state index >= 15 is 0 Å². The summed E-state index contributed by atoms with van der Waals surface area (Å²) >= 11 is 5.94. The van der Waals surface area contributed by atoms with Crippen LogP contribution in [0.25, 0.3) is 0 Å². The molecule has 1 saturated heterocycles. The van der Waals surface area contributed by atoms with Gasteiger partial charge in [0.2, 0.25) is 0 Å². The van der Waals surface area contributed by atoms with Crippen LogP contribution in [0.4, 0.5) is 13.2 Å². The topological polar surface area (TPSA) is 21.8 Å². The predicted molar refractivity (Wildman–Crippen MR) is 160 cm³/mol. The standard InChI is InChI=1S/C34H48ClF3O2/c1-4-5-6-7-8-9-10-11-12-13-14-15-22-33(26(2)3,24-30-25-39-30)31-21-20-29(23-32(31)34(36,37)38)40-28-18-16-27(35)17-19-28/h16-21,23,26,30H,4-15,22,24-25H2,1-3H3. The number of rotatable bonds is 19. The summed E-state index contributed by atoms with van der Waals surface area (Å²) in [6, 6.07) is 11.1. The summed E-state index contributed by atoms with van der Waals surface area (Å²) in [5.41, 5.74) is -0.840. The fourth-order valence-electron chi connectivity index (χ4n) is 5.95. The summed E-state index contributed by atoms with van der Waals surface area (Å²) in [6.07, 6.45) is 11.7. The fourth-order valence-corrected chi connectivity index (χ4v) is 6.08. The molecule has 6 heteroatoms. The van der Waals surface area contributed by atoms with Crippen molar-refractivity contribution in [3.63, 3.8) is 0 Å². The maximum Gasteiger partial charge on any atom is 0.416 e. The molecule has 2 aromatic carbocycles. The lowest BCUT2D eigenvalue weighted by molar-refractivity contribution is -0.139. The van der Waals surface area contributed by atoms with Crippen molar-refractivity contribution in [3.8, 4) is 11.5 Å². The lowest BCUT2D eigenvalue weighted by Gasteiger charge is -2.40. The zero-order valence-electron chi connectivity index (χ0n) is 24.6. The maximum absolute atomic E-state index is 14.5. The van der Waals surface area contributed by atoms with Crippen molar-refractivity contribution in [2.24, 2.45) is 5.92 Å². The summed E-state index contributed by atoms with van der Waals surface area (Å²) in [5, 5.41) is 0.542. The second kappa shape index (κ2) is 16.1. The molecule has 1 aliphatic rings. The molecule has 1 fully saturated rings. The van der Waals surface area contributed by atoms with E-state index in [9.17, 15) is 13.2 Å². The molecular formula is C34H48ClF3O2. The Bertz CT molecular complexity index is 1000. The highest BCUT2D eigenvalue weighted by molar-refractivity contribution is 6.30. The van der Waals surface area contributed by atoms with Gasteiger partial charge in [0, 0.05) is 10.4 Å². The van der Waals surface area contributed by atoms with E-state index in [1.165, 1.54) is 57.8 Å². The van der Waals surface area contributed by atoms with E-state index in [4.69, 9.17) is 21.1 Å². The SMILES string of the molecule is CCCCCCCCCCCCCCC(CC1CO1)(c1ccc(Oc2ccc(Cl)cc2)cc1C(F)(F)F)C(C)C. The molecule has 0 aliphatic carbocycles. The number of alkyl halides is 3. The Morgan fingerprint density at radius 3 is 1.82 bits per heavy atom. The highest BCUT2D eigenvalue weighted by Crippen LogP contribution is 2.49. The minimum Gasteiger partial charge on any atom is -0.457 e. The highest BCUT2D eigenvalue weighted by Gasteiger charge is 2.46. The van der Waals surface area contributed by atoms with Crippen molar-refractivity contribution in [3.05, 3.63) is 58.6 Å². The third-order valence-electron chi connectivity index (χ3n) is 8.46.